The van der Waals surface area contributed by atoms with Crippen LogP contribution >= 0.6 is 24.0 Å². The predicted octanol–water partition coefficient (Wildman–Crippen LogP) is 7.00. The maximum absolute atomic E-state index is 14.0. The number of rotatable bonds is 7. The van der Waals surface area contributed by atoms with Gasteiger partial charge >= 0.3 is 6.18 Å². The van der Waals surface area contributed by atoms with Crippen molar-refractivity contribution >= 4 is 57.8 Å². The van der Waals surface area contributed by atoms with Crippen molar-refractivity contribution in [3.63, 3.8) is 0 Å². The molecule has 0 fully saturated rings. The van der Waals surface area contributed by atoms with E-state index < -0.39 is 52.4 Å². The van der Waals surface area contributed by atoms with E-state index in [1.807, 2.05) is 0 Å². The Morgan fingerprint density at radius 1 is 0.842 bits per heavy atom. The zero-order valence-electron chi connectivity index (χ0n) is 19.1. The Morgan fingerprint density at radius 3 is 1.97 bits per heavy atom. The minimum absolute atomic E-state index is 0.0887. The summed E-state index contributed by atoms with van der Waals surface area (Å²) in [4.78, 5) is 24.0. The number of thiocarbonyl (C=S) groups is 1. The number of hydrogen-bond donors (Lipinski definition) is 3. The molecular formula is C24H16F7N3O2S2. The summed E-state index contributed by atoms with van der Waals surface area (Å²) >= 11 is 6.10. The summed E-state index contributed by atoms with van der Waals surface area (Å²) in [6.45, 7) is 1.44. The van der Waals surface area contributed by atoms with Gasteiger partial charge in [-0.25, -0.2) is 17.6 Å². The second-order valence-corrected chi connectivity index (χ2v) is 9.04. The number of hydrogen-bond acceptors (Lipinski definition) is 4. The van der Waals surface area contributed by atoms with E-state index in [2.05, 4.69) is 10.6 Å². The molecule has 0 atom stereocenters. The number of benzene rings is 3. The van der Waals surface area contributed by atoms with Gasteiger partial charge in [0.25, 0.3) is 0 Å². The Labute approximate surface area is 220 Å². The largest absolute Gasteiger partial charge is 0.422 e. The number of Topliss-reactive ketones (excluding diaryl/α,β-unsaturated/α-hetero) is 1. The maximum Gasteiger partial charge on any atom is 0.422 e. The highest BCUT2D eigenvalue weighted by Crippen LogP contribution is 2.38. The number of carbonyl (C=O) groups is 2. The summed E-state index contributed by atoms with van der Waals surface area (Å²) < 4.78 is 93.6. The van der Waals surface area contributed by atoms with Crippen LogP contribution in [0.25, 0.3) is 0 Å². The quantitative estimate of drug-likeness (QED) is 0.0927. The minimum Gasteiger partial charge on any atom is -0.332 e. The van der Waals surface area contributed by atoms with Crippen molar-refractivity contribution in [2.45, 2.75) is 18.0 Å². The second-order valence-electron chi connectivity index (χ2n) is 7.58. The van der Waals surface area contributed by atoms with Gasteiger partial charge in [-0.1, -0.05) is 6.07 Å². The van der Waals surface area contributed by atoms with Crippen molar-refractivity contribution in [1.29, 1.82) is 0 Å². The molecule has 14 heteroatoms. The van der Waals surface area contributed by atoms with Gasteiger partial charge in [0, 0.05) is 21.8 Å². The number of alkyl halides is 3. The topological polar surface area (TPSA) is 70.2 Å². The van der Waals surface area contributed by atoms with Crippen LogP contribution in [0.15, 0.2) is 53.4 Å². The molecule has 0 unspecified atom stereocenters. The highest BCUT2D eigenvalue weighted by Gasteiger charge is 2.42. The van der Waals surface area contributed by atoms with Crippen LogP contribution in [0.5, 0.6) is 0 Å². The molecule has 0 bridgehead atoms. The average Bonchev–Trinajstić information content (AvgIpc) is 2.84. The summed E-state index contributed by atoms with van der Waals surface area (Å²) in [7, 11) is 0. The van der Waals surface area contributed by atoms with Crippen LogP contribution in [0.2, 0.25) is 0 Å². The molecule has 0 saturated carbocycles. The van der Waals surface area contributed by atoms with Gasteiger partial charge in [0.1, 0.15) is 11.3 Å². The smallest absolute Gasteiger partial charge is 0.332 e. The van der Waals surface area contributed by atoms with E-state index >= 15 is 0 Å². The number of amides is 1. The van der Waals surface area contributed by atoms with Crippen LogP contribution in [0.1, 0.15) is 22.8 Å². The average molecular weight is 576 g/mol. The Hall–Kier alpha value is -3.65. The van der Waals surface area contributed by atoms with Crippen molar-refractivity contribution in [3.8, 4) is 0 Å². The number of halogens is 7. The Morgan fingerprint density at radius 2 is 1.42 bits per heavy atom. The molecule has 0 spiro atoms. The molecule has 0 aliphatic rings. The third-order valence-electron chi connectivity index (χ3n) is 4.82. The molecule has 3 aromatic rings. The number of carbonyl (C=O) groups excluding carboxylic acids is 2. The van der Waals surface area contributed by atoms with Crippen molar-refractivity contribution in [1.82, 2.24) is 0 Å². The van der Waals surface area contributed by atoms with Gasteiger partial charge < -0.3 is 16.0 Å². The fraction of sp³-hybridized carbons (Fsp3) is 0.125. The lowest BCUT2D eigenvalue weighted by atomic mass is 10.1. The van der Waals surface area contributed by atoms with E-state index in [9.17, 15) is 40.3 Å². The Bertz CT molecular complexity index is 1370. The standard InChI is InChI=1S/C24H16F7N3O2S2/c1-11(35)12-5-7-13(8-6-12)32-23(37)33-14-3-2-4-15(9-14)38-10-16(36)34-22-20(27)18(25)17(24(29,30)31)19(26)21(22)28/h2-9H,10H2,1H3,(H,34,36)(H2,32,33,37). The third kappa shape index (κ3) is 7.01. The Balaban J connectivity index is 1.62. The van der Waals surface area contributed by atoms with E-state index in [1.165, 1.54) is 6.92 Å². The van der Waals surface area contributed by atoms with Gasteiger partial charge in [-0.15, -0.1) is 11.8 Å². The van der Waals surface area contributed by atoms with Gasteiger partial charge in [0.2, 0.25) is 5.91 Å². The molecule has 0 saturated heterocycles. The van der Waals surface area contributed by atoms with Crippen molar-refractivity contribution in [2.75, 3.05) is 21.7 Å². The van der Waals surface area contributed by atoms with E-state index in [0.29, 0.717) is 21.8 Å². The summed E-state index contributed by atoms with van der Waals surface area (Å²) in [5.41, 5.74) is -2.75. The molecule has 3 N–H and O–H groups in total. The van der Waals surface area contributed by atoms with Crippen LogP contribution in [-0.2, 0) is 11.0 Å². The lowest BCUT2D eigenvalue weighted by Crippen LogP contribution is -2.21. The first kappa shape index (κ1) is 28.9. The first-order valence-electron chi connectivity index (χ1n) is 10.4. The van der Waals surface area contributed by atoms with Crippen LogP contribution < -0.4 is 16.0 Å². The molecule has 5 nitrogen and oxygen atoms in total. The molecule has 0 radical (unpaired) electrons. The fourth-order valence-corrected chi connectivity index (χ4v) is 4.05. The van der Waals surface area contributed by atoms with Crippen LogP contribution in [0.4, 0.5) is 47.8 Å². The van der Waals surface area contributed by atoms with Gasteiger partial charge in [-0.05, 0) is 61.6 Å². The van der Waals surface area contributed by atoms with Gasteiger partial charge in [-0.2, -0.15) is 13.2 Å². The van der Waals surface area contributed by atoms with Crippen molar-refractivity contribution in [2.24, 2.45) is 0 Å². The molecule has 0 heterocycles. The number of anilines is 3. The lowest BCUT2D eigenvalue weighted by molar-refractivity contribution is -0.143. The maximum atomic E-state index is 14.0. The zero-order chi connectivity index (χ0) is 28.2. The SMILES string of the molecule is CC(=O)c1ccc(NC(=S)Nc2cccc(SCC(=O)Nc3c(F)c(F)c(C(F)(F)F)c(F)c3F)c2)cc1. The first-order valence-corrected chi connectivity index (χ1v) is 11.8. The molecular weight excluding hydrogens is 559 g/mol. The third-order valence-corrected chi connectivity index (χ3v) is 6.02. The van der Waals surface area contributed by atoms with E-state index in [0.717, 1.165) is 11.8 Å². The summed E-state index contributed by atoms with van der Waals surface area (Å²) in [5, 5.41) is 7.60. The summed E-state index contributed by atoms with van der Waals surface area (Å²) in [6, 6.07) is 13.0. The molecule has 3 aromatic carbocycles. The lowest BCUT2D eigenvalue weighted by Gasteiger charge is -2.14. The number of ketones is 1. The molecule has 3 rings (SSSR count). The predicted molar refractivity (Wildman–Crippen MR) is 133 cm³/mol. The number of thioether (sulfide) groups is 1. The zero-order valence-corrected chi connectivity index (χ0v) is 20.7. The van der Waals surface area contributed by atoms with Gasteiger partial charge in [-0.3, -0.25) is 9.59 Å². The Kier molecular flexibility index (Phi) is 8.99. The monoisotopic (exact) mass is 575 g/mol. The molecule has 38 heavy (non-hydrogen) atoms. The minimum atomic E-state index is -5.69. The van der Waals surface area contributed by atoms with Gasteiger partial charge in [0.05, 0.1) is 5.75 Å². The van der Waals surface area contributed by atoms with Gasteiger partial charge in [0.15, 0.2) is 34.2 Å². The summed E-state index contributed by atoms with van der Waals surface area (Å²) in [6.07, 6.45) is -5.69. The van der Waals surface area contributed by atoms with E-state index in [-0.39, 0.29) is 10.9 Å². The second kappa shape index (κ2) is 11.8. The van der Waals surface area contributed by atoms with E-state index in [4.69, 9.17) is 12.2 Å². The molecule has 0 aromatic heterocycles. The van der Waals surface area contributed by atoms with Crippen LogP contribution in [0, 0.1) is 23.3 Å². The van der Waals surface area contributed by atoms with E-state index in [1.54, 1.807) is 53.8 Å². The molecule has 1 amide bonds. The molecule has 0 aliphatic carbocycles. The van der Waals surface area contributed by atoms with Crippen LogP contribution in [0.3, 0.4) is 0 Å². The molecule has 200 valence electrons. The molecule has 0 aliphatic heterocycles. The first-order chi connectivity index (χ1) is 17.8. The van der Waals surface area contributed by atoms with Crippen molar-refractivity contribution in [3.05, 3.63) is 82.9 Å². The normalized spacial score (nSPS) is 11.2. The van der Waals surface area contributed by atoms with Crippen molar-refractivity contribution < 1.29 is 40.3 Å². The number of nitrogens with one attached hydrogen (secondary N) is 3. The van der Waals surface area contributed by atoms with Crippen LogP contribution in [-0.4, -0.2) is 22.6 Å². The highest BCUT2D eigenvalue weighted by atomic mass is 32.2. The summed E-state index contributed by atoms with van der Waals surface area (Å²) in [5.74, 6) is -11.8. The highest BCUT2D eigenvalue weighted by molar-refractivity contribution is 8.00. The fourth-order valence-electron chi connectivity index (χ4n) is 3.06.